The summed E-state index contributed by atoms with van der Waals surface area (Å²) in [5, 5.41) is 40.1. The zero-order valence-corrected chi connectivity index (χ0v) is 34.2. The Labute approximate surface area is 337 Å². The molecule has 3 heterocycles. The molecule has 0 radical (unpaired) electrons. The van der Waals surface area contributed by atoms with Gasteiger partial charge in [-0.25, -0.2) is 0 Å². The SMILES string of the molecule is CO[C@H]1/C=C/O[C@@]2(C)Oc3c(C)c(O)c4c(c3C2=O)C(=O)C(NC2CCCCC2)=C(NC(=O)/C(C)=C\C(=O)[C@@H]2C[C@@H]2[C@H](O)[C@@H](C)[C@@H](O)[C@@H](C)[C@H](OC(C)=O)[C@@H]1C)C4=O. The van der Waals surface area contributed by atoms with Crippen LogP contribution in [-0.2, 0) is 28.6 Å². The summed E-state index contributed by atoms with van der Waals surface area (Å²) in [6.45, 7) is 10.4. The van der Waals surface area contributed by atoms with Crippen molar-refractivity contribution in [3.05, 3.63) is 57.6 Å². The van der Waals surface area contributed by atoms with Gasteiger partial charge in [0.25, 0.3) is 11.7 Å². The first-order valence-corrected chi connectivity index (χ1v) is 20.0. The number of ketones is 4. The highest BCUT2D eigenvalue weighted by atomic mass is 16.7. The van der Waals surface area contributed by atoms with Crippen LogP contribution in [0.5, 0.6) is 11.5 Å². The number of allylic oxidation sites excluding steroid dienone is 3. The number of carbonyl (C=O) groups is 6. The second kappa shape index (κ2) is 16.4. The molecular weight excluding hydrogens is 752 g/mol. The van der Waals surface area contributed by atoms with E-state index in [1.165, 1.54) is 47.1 Å². The number of ether oxygens (including phenoxy) is 4. The maximum Gasteiger partial charge on any atom is 0.312 e. The summed E-state index contributed by atoms with van der Waals surface area (Å²) in [6.07, 6.45) is 4.03. The summed E-state index contributed by atoms with van der Waals surface area (Å²) in [5.41, 5.74) is -1.95. The number of aliphatic hydroxyl groups excluding tert-OH is 2. The molecule has 0 spiro atoms. The van der Waals surface area contributed by atoms with Crippen LogP contribution in [-0.4, -0.2) is 93.7 Å². The Kier molecular flexibility index (Phi) is 12.1. The van der Waals surface area contributed by atoms with Gasteiger partial charge in [0.1, 0.15) is 29.0 Å². The van der Waals surface area contributed by atoms with Gasteiger partial charge >= 0.3 is 11.8 Å². The van der Waals surface area contributed by atoms with E-state index in [0.717, 1.165) is 25.3 Å². The third-order valence-corrected chi connectivity index (χ3v) is 12.6. The molecule has 1 amide bonds. The largest absolute Gasteiger partial charge is 0.507 e. The highest BCUT2D eigenvalue weighted by Crippen LogP contribution is 2.49. The van der Waals surface area contributed by atoms with E-state index < -0.39 is 117 Å². The molecule has 3 aliphatic carbocycles. The molecule has 2 fully saturated rings. The van der Waals surface area contributed by atoms with Crippen LogP contribution in [0, 0.1) is 36.5 Å². The number of fused-ring (bicyclic) bond motifs is 12. The number of hydrogen-bond donors (Lipinski definition) is 5. The number of amides is 1. The summed E-state index contributed by atoms with van der Waals surface area (Å²) in [7, 11) is 1.41. The number of phenols is 1. The Hall–Kier alpha value is -4.86. The Morgan fingerprint density at radius 2 is 1.60 bits per heavy atom. The van der Waals surface area contributed by atoms with E-state index in [1.807, 2.05) is 0 Å². The number of Topliss-reactive ketones (excluding diaryl/α,β-unsaturated/α-hetero) is 3. The molecule has 0 unspecified atom stereocenters. The number of methoxy groups -OCH3 is 1. The van der Waals surface area contributed by atoms with Crippen molar-refractivity contribution in [1.29, 1.82) is 0 Å². The van der Waals surface area contributed by atoms with Crippen LogP contribution in [0.2, 0.25) is 0 Å². The van der Waals surface area contributed by atoms with Crippen molar-refractivity contribution >= 4 is 35.0 Å². The zero-order valence-electron chi connectivity index (χ0n) is 34.2. The number of aromatic hydroxyl groups is 1. The molecular formula is C43H54N2O13. The van der Waals surface area contributed by atoms with Crippen LogP contribution in [0.15, 0.2) is 35.4 Å². The molecule has 10 atom stereocenters. The summed E-state index contributed by atoms with van der Waals surface area (Å²) >= 11 is 0. The van der Waals surface area contributed by atoms with E-state index in [4.69, 9.17) is 18.9 Å². The minimum atomic E-state index is -2.08. The zero-order chi connectivity index (χ0) is 42.5. The predicted octanol–water partition coefficient (Wildman–Crippen LogP) is 3.89. The average molecular weight is 807 g/mol. The fraction of sp³-hybridized carbons (Fsp3) is 0.581. The van der Waals surface area contributed by atoms with E-state index in [9.17, 15) is 44.1 Å². The minimum absolute atomic E-state index is 0.0170. The summed E-state index contributed by atoms with van der Waals surface area (Å²) in [4.78, 5) is 83.0. The Morgan fingerprint density at radius 1 is 0.931 bits per heavy atom. The second-order valence-corrected chi connectivity index (χ2v) is 16.7. The lowest BCUT2D eigenvalue weighted by molar-refractivity contribution is -0.160. The van der Waals surface area contributed by atoms with Crippen molar-refractivity contribution < 1.29 is 63.0 Å². The molecule has 1 aromatic rings. The first-order valence-electron chi connectivity index (χ1n) is 20.0. The number of benzene rings is 1. The number of nitrogens with one attached hydrogen (secondary N) is 2. The highest BCUT2D eigenvalue weighted by molar-refractivity contribution is 6.32. The van der Waals surface area contributed by atoms with Gasteiger partial charge < -0.3 is 44.9 Å². The maximum atomic E-state index is 14.7. The summed E-state index contributed by atoms with van der Waals surface area (Å²) < 4.78 is 23.5. The Morgan fingerprint density at radius 3 is 2.24 bits per heavy atom. The third-order valence-electron chi connectivity index (χ3n) is 12.6. The number of carbonyl (C=O) groups excluding carboxylic acids is 6. The van der Waals surface area contributed by atoms with Crippen molar-refractivity contribution in [2.45, 2.75) is 123 Å². The van der Waals surface area contributed by atoms with Crippen molar-refractivity contribution in [3.63, 3.8) is 0 Å². The van der Waals surface area contributed by atoms with Crippen LogP contribution in [0.1, 0.15) is 117 Å². The van der Waals surface area contributed by atoms with Gasteiger partial charge in [0, 0.05) is 61.8 Å². The van der Waals surface area contributed by atoms with E-state index in [1.54, 1.807) is 20.8 Å². The van der Waals surface area contributed by atoms with Gasteiger partial charge in [-0.1, -0.05) is 40.0 Å². The molecule has 0 aromatic heterocycles. The maximum absolute atomic E-state index is 14.7. The average Bonchev–Trinajstić information content (AvgIpc) is 3.95. The van der Waals surface area contributed by atoms with Gasteiger partial charge in [0.15, 0.2) is 5.78 Å². The first-order chi connectivity index (χ1) is 27.3. The van der Waals surface area contributed by atoms with Gasteiger partial charge in [-0.2, -0.15) is 0 Å². The van der Waals surface area contributed by atoms with Gasteiger partial charge in [-0.15, -0.1) is 0 Å². The quantitative estimate of drug-likeness (QED) is 0.273. The molecule has 0 saturated heterocycles. The van der Waals surface area contributed by atoms with E-state index in [0.29, 0.717) is 19.3 Å². The highest BCUT2D eigenvalue weighted by Gasteiger charge is 2.53. The minimum Gasteiger partial charge on any atom is -0.507 e. The molecule has 5 N–H and O–H groups in total. The lowest BCUT2D eigenvalue weighted by Crippen LogP contribution is -2.46. The number of phenolic OH excluding ortho intramolecular Hbond substituents is 1. The van der Waals surface area contributed by atoms with Gasteiger partial charge in [0.05, 0.1) is 41.3 Å². The van der Waals surface area contributed by atoms with Crippen molar-refractivity contribution in [3.8, 4) is 11.5 Å². The molecule has 1 aromatic carbocycles. The van der Waals surface area contributed by atoms with Gasteiger partial charge in [0.2, 0.25) is 11.6 Å². The molecule has 5 bridgehead atoms. The summed E-state index contributed by atoms with van der Waals surface area (Å²) in [5.74, 6) is -10.7. The van der Waals surface area contributed by atoms with Crippen LogP contribution < -0.4 is 15.4 Å². The number of esters is 1. The van der Waals surface area contributed by atoms with E-state index in [-0.39, 0.29) is 34.2 Å². The number of aliphatic hydroxyl groups is 2. The number of rotatable bonds is 4. The Bertz CT molecular complexity index is 2010. The lowest BCUT2D eigenvalue weighted by Gasteiger charge is -2.37. The lowest BCUT2D eigenvalue weighted by atomic mass is 9.79. The van der Waals surface area contributed by atoms with Gasteiger partial charge in [-0.05, 0) is 51.2 Å². The monoisotopic (exact) mass is 806 g/mol. The fourth-order valence-electron chi connectivity index (χ4n) is 8.93. The summed E-state index contributed by atoms with van der Waals surface area (Å²) in [6, 6.07) is -0.240. The third kappa shape index (κ3) is 7.71. The molecule has 7 rings (SSSR count). The standard InChI is InChI=1S/C43H54N2O13/c1-18-16-27(47)25-17-26(25)35(49)20(3)34(48)21(4)39(57-23(6)46)19(2)28(55-8)14-15-56-43(7)41(53)31-29-30(36(50)22(5)40(31)58-43)38(52)33(45-42(18)54)32(37(29)51)44-24-12-10-9-11-13-24/h14-16,19-21,24-26,28,34-35,39,44,48-50H,9-13,17H2,1-8H3,(H,45,54)/b15-14+,18-16-/t19-,20+,21-,25-,26+,28+,34-,35-,39-,43+/m1/s1. The number of hydrogen-bond acceptors (Lipinski definition) is 14. The normalized spacial score (nSPS) is 35.0. The molecule has 58 heavy (non-hydrogen) atoms. The smallest absolute Gasteiger partial charge is 0.312 e. The molecule has 15 nitrogen and oxygen atoms in total. The second-order valence-electron chi connectivity index (χ2n) is 16.7. The van der Waals surface area contributed by atoms with Crippen molar-refractivity contribution in [1.82, 2.24) is 10.6 Å². The van der Waals surface area contributed by atoms with Crippen molar-refractivity contribution in [2.75, 3.05) is 7.11 Å². The fourth-order valence-corrected chi connectivity index (χ4v) is 8.93. The molecule has 6 aliphatic rings. The van der Waals surface area contributed by atoms with E-state index in [2.05, 4.69) is 10.6 Å². The Balaban J connectivity index is 1.47. The predicted molar refractivity (Wildman–Crippen MR) is 206 cm³/mol. The van der Waals surface area contributed by atoms with Crippen molar-refractivity contribution in [2.24, 2.45) is 29.6 Å². The molecule has 2 saturated carbocycles. The molecule has 314 valence electrons. The molecule has 15 heteroatoms. The van der Waals surface area contributed by atoms with E-state index >= 15 is 0 Å². The van der Waals surface area contributed by atoms with Crippen LogP contribution in [0.4, 0.5) is 0 Å². The van der Waals surface area contributed by atoms with Crippen LogP contribution >= 0.6 is 0 Å². The molecule has 3 aliphatic heterocycles. The van der Waals surface area contributed by atoms with Crippen LogP contribution in [0.25, 0.3) is 0 Å². The van der Waals surface area contributed by atoms with Crippen LogP contribution in [0.3, 0.4) is 0 Å². The van der Waals surface area contributed by atoms with Gasteiger partial charge in [-0.3, -0.25) is 28.8 Å². The first kappa shape index (κ1) is 42.7. The topological polar surface area (TPSA) is 224 Å².